The Labute approximate surface area is 117 Å². The minimum Gasteiger partial charge on any atom is -0.425 e. The molecule has 0 saturated carbocycles. The van der Waals surface area contributed by atoms with Gasteiger partial charge in [-0.3, -0.25) is 15.5 Å². The molecule has 0 amide bonds. The Kier molecular flexibility index (Phi) is 2.87. The van der Waals surface area contributed by atoms with E-state index in [4.69, 9.17) is 5.41 Å². The molecular formula is C12H10N6O3. The molecule has 0 spiro atoms. The average Bonchev–Trinajstić information content (AvgIpc) is 2.87. The van der Waals surface area contributed by atoms with Crippen molar-refractivity contribution in [1.29, 1.82) is 5.41 Å². The van der Waals surface area contributed by atoms with Gasteiger partial charge in [-0.05, 0) is 0 Å². The van der Waals surface area contributed by atoms with Crippen molar-refractivity contribution in [1.82, 2.24) is 19.3 Å². The zero-order valence-electron chi connectivity index (χ0n) is 10.7. The number of rotatable bonds is 3. The fourth-order valence-electron chi connectivity index (χ4n) is 2.08. The third kappa shape index (κ3) is 2.10. The van der Waals surface area contributed by atoms with Crippen molar-refractivity contribution < 1.29 is 10.1 Å². The number of aromatic nitrogens is 4. The first-order chi connectivity index (χ1) is 10.1. The van der Waals surface area contributed by atoms with Gasteiger partial charge in [-0.25, -0.2) is 9.97 Å². The van der Waals surface area contributed by atoms with Crippen molar-refractivity contribution in [2.75, 3.05) is 0 Å². The van der Waals surface area contributed by atoms with E-state index >= 15 is 0 Å². The van der Waals surface area contributed by atoms with Crippen molar-refractivity contribution in [3.63, 3.8) is 0 Å². The molecule has 106 valence electrons. The van der Waals surface area contributed by atoms with Crippen LogP contribution in [0.3, 0.4) is 0 Å². The van der Waals surface area contributed by atoms with Crippen molar-refractivity contribution in [3.8, 4) is 0 Å². The molecule has 0 aliphatic heterocycles. The number of para-hydroxylation sites is 1. The molecule has 0 unspecified atom stereocenters. The molecule has 9 heteroatoms. The molecule has 21 heavy (non-hydrogen) atoms. The van der Waals surface area contributed by atoms with Crippen LogP contribution in [0.25, 0.3) is 11.2 Å². The van der Waals surface area contributed by atoms with Gasteiger partial charge in [0.1, 0.15) is 6.33 Å². The van der Waals surface area contributed by atoms with E-state index in [0.29, 0.717) is 15.9 Å². The summed E-state index contributed by atoms with van der Waals surface area (Å²) in [7, 11) is 0. The average molecular weight is 286 g/mol. The Morgan fingerprint density at radius 1 is 1.29 bits per heavy atom. The van der Waals surface area contributed by atoms with Crippen LogP contribution in [0.4, 0.5) is 5.69 Å². The van der Waals surface area contributed by atoms with E-state index < -0.39 is 4.92 Å². The van der Waals surface area contributed by atoms with Gasteiger partial charge in [-0.15, -0.1) is 0 Å². The highest BCUT2D eigenvalue weighted by Crippen LogP contribution is 2.19. The van der Waals surface area contributed by atoms with E-state index in [0.717, 1.165) is 6.33 Å². The van der Waals surface area contributed by atoms with E-state index in [1.54, 1.807) is 22.8 Å². The van der Waals surface area contributed by atoms with Gasteiger partial charge in [0, 0.05) is 11.6 Å². The number of nitro benzene ring substituents is 1. The molecule has 9 nitrogen and oxygen atoms in total. The van der Waals surface area contributed by atoms with Crippen LogP contribution in [0, 0.1) is 15.5 Å². The van der Waals surface area contributed by atoms with Gasteiger partial charge in [0.15, 0.2) is 16.7 Å². The number of benzene rings is 1. The predicted octanol–water partition coefficient (Wildman–Crippen LogP) is 0.906. The quantitative estimate of drug-likeness (QED) is 0.421. The number of nitrogens with zero attached hydrogens (tertiary/aromatic N) is 5. The Morgan fingerprint density at radius 3 is 2.81 bits per heavy atom. The molecular weight excluding hydrogens is 276 g/mol. The Balaban J connectivity index is 2.10. The summed E-state index contributed by atoms with van der Waals surface area (Å²) in [6, 6.07) is 6.40. The number of hydrogen-bond acceptors (Lipinski definition) is 6. The van der Waals surface area contributed by atoms with Gasteiger partial charge >= 0.3 is 0 Å². The fourth-order valence-corrected chi connectivity index (χ4v) is 2.08. The number of nitrogens with one attached hydrogen (secondary N) is 1. The lowest BCUT2D eigenvalue weighted by atomic mass is 10.2. The minimum atomic E-state index is -0.445. The second-order valence-corrected chi connectivity index (χ2v) is 4.37. The van der Waals surface area contributed by atoms with Crippen molar-refractivity contribution in [2.24, 2.45) is 0 Å². The van der Waals surface area contributed by atoms with Crippen LogP contribution in [0.5, 0.6) is 0 Å². The maximum absolute atomic E-state index is 11.0. The predicted molar refractivity (Wildman–Crippen MR) is 70.8 cm³/mol. The maximum atomic E-state index is 11.0. The van der Waals surface area contributed by atoms with E-state index in [1.807, 2.05) is 0 Å². The second kappa shape index (κ2) is 4.71. The standard InChI is InChI=1S/C12H10N6O3/c13-11-10-12(15-7-17(11)19)16(6-14-10)5-8-3-1-2-4-9(8)18(20)21/h1-4,6-7,13,19H,5H2. The van der Waals surface area contributed by atoms with E-state index in [1.165, 1.54) is 12.4 Å². The highest BCUT2D eigenvalue weighted by Gasteiger charge is 2.15. The normalized spacial score (nSPS) is 10.9. The molecule has 0 radical (unpaired) electrons. The summed E-state index contributed by atoms with van der Waals surface area (Å²) in [4.78, 5) is 18.6. The lowest BCUT2D eigenvalue weighted by molar-refractivity contribution is -0.385. The van der Waals surface area contributed by atoms with Crippen LogP contribution in [-0.2, 0) is 6.54 Å². The summed E-state index contributed by atoms with van der Waals surface area (Å²) >= 11 is 0. The van der Waals surface area contributed by atoms with Crippen molar-refractivity contribution in [3.05, 3.63) is 58.1 Å². The van der Waals surface area contributed by atoms with Crippen LogP contribution in [0.15, 0.2) is 36.9 Å². The van der Waals surface area contributed by atoms with Crippen molar-refractivity contribution >= 4 is 16.9 Å². The molecule has 0 aliphatic rings. The molecule has 1 aromatic carbocycles. The SMILES string of the molecule is N=c1c2ncn(Cc3ccccc3[N+](=O)[O-])c2ncn1O. The molecule has 3 rings (SSSR count). The van der Waals surface area contributed by atoms with Gasteiger partial charge < -0.3 is 9.77 Å². The minimum absolute atomic E-state index is 0.0126. The van der Waals surface area contributed by atoms with Crippen LogP contribution in [0.1, 0.15) is 5.56 Å². The lowest BCUT2D eigenvalue weighted by Crippen LogP contribution is -2.18. The highest BCUT2D eigenvalue weighted by molar-refractivity contribution is 5.68. The zero-order chi connectivity index (χ0) is 15.0. The molecule has 2 N–H and O–H groups in total. The summed E-state index contributed by atoms with van der Waals surface area (Å²) < 4.78 is 2.15. The van der Waals surface area contributed by atoms with Crippen LogP contribution in [-0.4, -0.2) is 29.4 Å². The smallest absolute Gasteiger partial charge is 0.274 e. The first-order valence-electron chi connectivity index (χ1n) is 5.96. The molecule has 0 aliphatic carbocycles. The fraction of sp³-hybridized carbons (Fsp3) is 0.0833. The lowest BCUT2D eigenvalue weighted by Gasteiger charge is -2.05. The highest BCUT2D eigenvalue weighted by atomic mass is 16.6. The maximum Gasteiger partial charge on any atom is 0.274 e. The van der Waals surface area contributed by atoms with Gasteiger partial charge in [-0.1, -0.05) is 18.2 Å². The number of imidazole rings is 1. The molecule has 3 aromatic rings. The van der Waals surface area contributed by atoms with E-state index in [9.17, 15) is 15.3 Å². The summed E-state index contributed by atoms with van der Waals surface area (Å²) in [5.74, 6) is 0. The summed E-state index contributed by atoms with van der Waals surface area (Å²) in [6.45, 7) is 0.204. The topological polar surface area (TPSA) is 123 Å². The van der Waals surface area contributed by atoms with Crippen LogP contribution >= 0.6 is 0 Å². The largest absolute Gasteiger partial charge is 0.425 e. The Bertz CT molecular complexity index is 897. The van der Waals surface area contributed by atoms with Crippen molar-refractivity contribution in [2.45, 2.75) is 6.54 Å². The Morgan fingerprint density at radius 2 is 2.05 bits per heavy atom. The van der Waals surface area contributed by atoms with Gasteiger partial charge in [0.25, 0.3) is 5.69 Å². The van der Waals surface area contributed by atoms with E-state index in [2.05, 4.69) is 9.97 Å². The zero-order valence-corrected chi connectivity index (χ0v) is 10.7. The van der Waals surface area contributed by atoms with Gasteiger partial charge in [0.05, 0.1) is 17.8 Å². The van der Waals surface area contributed by atoms with Gasteiger partial charge in [-0.2, -0.15) is 4.73 Å². The molecule has 0 bridgehead atoms. The third-order valence-corrected chi connectivity index (χ3v) is 3.08. The molecule has 0 saturated heterocycles. The monoisotopic (exact) mass is 286 g/mol. The third-order valence-electron chi connectivity index (χ3n) is 3.08. The van der Waals surface area contributed by atoms with Gasteiger partial charge in [0.2, 0.25) is 0 Å². The number of fused-ring (bicyclic) bond motifs is 1. The summed E-state index contributed by atoms with van der Waals surface area (Å²) in [5.41, 5.74) is 0.929. The van der Waals surface area contributed by atoms with Crippen LogP contribution < -0.4 is 5.49 Å². The summed E-state index contributed by atoms with van der Waals surface area (Å²) in [6.07, 6.45) is 2.52. The molecule has 2 aromatic heterocycles. The second-order valence-electron chi connectivity index (χ2n) is 4.37. The molecule has 0 fully saturated rings. The van der Waals surface area contributed by atoms with Crippen LogP contribution in [0.2, 0.25) is 0 Å². The summed E-state index contributed by atoms with van der Waals surface area (Å²) in [5, 5.41) is 28.1. The first kappa shape index (κ1) is 12.8. The molecule has 2 heterocycles. The Hall–Kier alpha value is -3.23. The molecule has 0 atom stereocenters. The number of hydrogen-bond donors (Lipinski definition) is 2. The first-order valence-corrected chi connectivity index (χ1v) is 5.96. The number of nitro groups is 1. The van der Waals surface area contributed by atoms with E-state index in [-0.39, 0.29) is 23.2 Å².